The van der Waals surface area contributed by atoms with E-state index < -0.39 is 27.5 Å². The van der Waals surface area contributed by atoms with Crippen LogP contribution < -0.4 is 5.32 Å². The molecule has 1 amide bonds. The Morgan fingerprint density at radius 2 is 1.92 bits per heavy atom. The highest BCUT2D eigenvalue weighted by molar-refractivity contribution is 14.1. The standard InChI is InChI=1S/C6H3F3INO2/c7-6(8,9)3-1-2(12)4(10)5(13)11-3/h1,4H,(H,11,13). The summed E-state index contributed by atoms with van der Waals surface area (Å²) in [6.07, 6.45) is -4.28. The van der Waals surface area contributed by atoms with E-state index in [1.54, 1.807) is 5.32 Å². The summed E-state index contributed by atoms with van der Waals surface area (Å²) in [5.74, 6) is -1.77. The van der Waals surface area contributed by atoms with E-state index in [0.717, 1.165) is 0 Å². The summed E-state index contributed by atoms with van der Waals surface area (Å²) in [5.41, 5.74) is -1.30. The zero-order valence-corrected chi connectivity index (χ0v) is 8.14. The van der Waals surface area contributed by atoms with Crippen molar-refractivity contribution in [3.63, 3.8) is 0 Å². The highest BCUT2D eigenvalue weighted by Gasteiger charge is 2.40. The normalized spacial score (nSPS) is 24.0. The lowest BCUT2D eigenvalue weighted by atomic mass is 10.1. The minimum Gasteiger partial charge on any atom is -0.321 e. The van der Waals surface area contributed by atoms with Crippen molar-refractivity contribution in [2.75, 3.05) is 0 Å². The molecule has 0 bridgehead atoms. The molecule has 1 rings (SSSR count). The van der Waals surface area contributed by atoms with Crippen molar-refractivity contribution in [3.8, 4) is 0 Å². The van der Waals surface area contributed by atoms with Gasteiger partial charge < -0.3 is 5.32 Å². The topological polar surface area (TPSA) is 46.2 Å². The van der Waals surface area contributed by atoms with Gasteiger partial charge in [0.05, 0.1) is 0 Å². The molecule has 1 heterocycles. The second kappa shape index (κ2) is 3.28. The molecule has 0 aliphatic carbocycles. The van der Waals surface area contributed by atoms with Gasteiger partial charge in [0.2, 0.25) is 5.91 Å². The van der Waals surface area contributed by atoms with Crippen LogP contribution in [0.1, 0.15) is 0 Å². The van der Waals surface area contributed by atoms with E-state index in [2.05, 4.69) is 0 Å². The molecule has 0 aromatic rings. The van der Waals surface area contributed by atoms with Gasteiger partial charge in [-0.05, 0) is 0 Å². The third-order valence-electron chi connectivity index (χ3n) is 1.33. The molecular weight excluding hydrogens is 302 g/mol. The summed E-state index contributed by atoms with van der Waals surface area (Å²) in [7, 11) is 0. The molecule has 1 aliphatic rings. The van der Waals surface area contributed by atoms with Gasteiger partial charge in [-0.2, -0.15) is 13.2 Å². The fraction of sp³-hybridized carbons (Fsp3) is 0.333. The molecule has 0 fully saturated rings. The number of allylic oxidation sites excluding steroid dienone is 2. The Kier molecular flexibility index (Phi) is 2.64. The number of hydrogen-bond donors (Lipinski definition) is 1. The molecule has 0 radical (unpaired) electrons. The molecule has 7 heteroatoms. The highest BCUT2D eigenvalue weighted by atomic mass is 127. The van der Waals surface area contributed by atoms with Crippen molar-refractivity contribution in [2.24, 2.45) is 0 Å². The van der Waals surface area contributed by atoms with Crippen LogP contribution in [0.3, 0.4) is 0 Å². The quantitative estimate of drug-likeness (QED) is 0.411. The van der Waals surface area contributed by atoms with Gasteiger partial charge in [0.1, 0.15) is 5.70 Å². The van der Waals surface area contributed by atoms with Crippen LogP contribution in [0.25, 0.3) is 0 Å². The third-order valence-corrected chi connectivity index (χ3v) is 2.51. The average Bonchev–Trinajstić information content (AvgIpc) is 1.97. The average molecular weight is 305 g/mol. The van der Waals surface area contributed by atoms with Crippen LogP contribution >= 0.6 is 22.6 Å². The monoisotopic (exact) mass is 305 g/mol. The van der Waals surface area contributed by atoms with Crippen molar-refractivity contribution >= 4 is 34.3 Å². The zero-order chi connectivity index (χ0) is 10.2. The van der Waals surface area contributed by atoms with Gasteiger partial charge in [-0.3, -0.25) is 9.59 Å². The lowest BCUT2D eigenvalue weighted by Gasteiger charge is -2.18. The number of rotatable bonds is 0. The van der Waals surface area contributed by atoms with Gasteiger partial charge >= 0.3 is 6.18 Å². The van der Waals surface area contributed by atoms with E-state index in [1.165, 1.54) is 22.6 Å². The third kappa shape index (κ3) is 2.20. The number of ketones is 1. The first-order valence-electron chi connectivity index (χ1n) is 3.10. The van der Waals surface area contributed by atoms with E-state index in [0.29, 0.717) is 6.08 Å². The van der Waals surface area contributed by atoms with Crippen molar-refractivity contribution in [2.45, 2.75) is 10.1 Å². The number of nitrogens with one attached hydrogen (secondary N) is 1. The SMILES string of the molecule is O=C1C=C(C(F)(F)F)NC(=O)C1I. The van der Waals surface area contributed by atoms with E-state index in [-0.39, 0.29) is 0 Å². The Morgan fingerprint density at radius 1 is 1.38 bits per heavy atom. The van der Waals surface area contributed by atoms with Crippen LogP contribution in [0.4, 0.5) is 13.2 Å². The number of carbonyl (C=O) groups excluding carboxylic acids is 2. The number of hydrogen-bond acceptors (Lipinski definition) is 2. The van der Waals surface area contributed by atoms with Crippen LogP contribution in [0, 0.1) is 0 Å². The van der Waals surface area contributed by atoms with Crippen molar-refractivity contribution in [1.82, 2.24) is 5.32 Å². The second-order valence-corrected chi connectivity index (χ2v) is 3.56. The van der Waals surface area contributed by atoms with E-state index in [9.17, 15) is 22.8 Å². The molecule has 1 unspecified atom stereocenters. The minimum absolute atomic E-state index is 0.401. The maximum atomic E-state index is 12.0. The Labute approximate surface area is 84.5 Å². The number of halogens is 4. The predicted octanol–water partition coefficient (Wildman–Crippen LogP) is 0.935. The number of amides is 1. The summed E-state index contributed by atoms with van der Waals surface area (Å²) in [5, 5.41) is 1.61. The number of alkyl halides is 4. The smallest absolute Gasteiger partial charge is 0.321 e. The molecule has 3 nitrogen and oxygen atoms in total. The van der Waals surface area contributed by atoms with Crippen molar-refractivity contribution in [3.05, 3.63) is 11.8 Å². The second-order valence-electron chi connectivity index (χ2n) is 2.31. The fourth-order valence-electron chi connectivity index (χ4n) is 0.730. The van der Waals surface area contributed by atoms with Crippen molar-refractivity contribution in [1.29, 1.82) is 0 Å². The Morgan fingerprint density at radius 3 is 2.31 bits per heavy atom. The Balaban J connectivity index is 2.99. The summed E-state index contributed by atoms with van der Waals surface area (Å²) in [6.45, 7) is 0. The van der Waals surface area contributed by atoms with Crippen LogP contribution in [0.5, 0.6) is 0 Å². The summed E-state index contributed by atoms with van der Waals surface area (Å²) < 4.78 is 34.9. The van der Waals surface area contributed by atoms with Gasteiger partial charge in [-0.15, -0.1) is 0 Å². The predicted molar refractivity (Wildman–Crippen MR) is 45.1 cm³/mol. The van der Waals surface area contributed by atoms with Gasteiger partial charge in [0, 0.05) is 6.08 Å². The highest BCUT2D eigenvalue weighted by Crippen LogP contribution is 2.26. The van der Waals surface area contributed by atoms with Crippen LogP contribution in [0.15, 0.2) is 11.8 Å². The van der Waals surface area contributed by atoms with E-state index in [4.69, 9.17) is 0 Å². The first-order valence-corrected chi connectivity index (χ1v) is 4.34. The lowest BCUT2D eigenvalue weighted by molar-refractivity contribution is -0.131. The van der Waals surface area contributed by atoms with Gasteiger partial charge in [-0.1, -0.05) is 22.6 Å². The van der Waals surface area contributed by atoms with Gasteiger partial charge in [-0.25, -0.2) is 0 Å². The molecule has 0 aromatic carbocycles. The largest absolute Gasteiger partial charge is 0.431 e. The van der Waals surface area contributed by atoms with Crippen LogP contribution in [-0.2, 0) is 9.59 Å². The summed E-state index contributed by atoms with van der Waals surface area (Å²) in [4.78, 5) is 21.6. The molecule has 1 aliphatic heterocycles. The lowest BCUT2D eigenvalue weighted by Crippen LogP contribution is -2.43. The first-order chi connectivity index (χ1) is 5.82. The Bertz CT molecular complexity index is 297. The van der Waals surface area contributed by atoms with Crippen LogP contribution in [0.2, 0.25) is 0 Å². The van der Waals surface area contributed by atoms with E-state index in [1.807, 2.05) is 0 Å². The maximum Gasteiger partial charge on any atom is 0.431 e. The van der Waals surface area contributed by atoms with Gasteiger partial charge in [0.15, 0.2) is 9.71 Å². The molecule has 13 heavy (non-hydrogen) atoms. The van der Waals surface area contributed by atoms with E-state index >= 15 is 0 Å². The minimum atomic E-state index is -4.68. The molecule has 1 atom stereocenters. The summed E-state index contributed by atoms with van der Waals surface area (Å²) in [6, 6.07) is 0. The molecular formula is C6H3F3INO2. The molecule has 0 saturated carbocycles. The molecule has 0 saturated heterocycles. The summed E-state index contributed by atoms with van der Waals surface area (Å²) >= 11 is 1.47. The van der Waals surface area contributed by atoms with Crippen LogP contribution in [-0.4, -0.2) is 21.8 Å². The van der Waals surface area contributed by atoms with Crippen molar-refractivity contribution < 1.29 is 22.8 Å². The molecule has 0 aromatic heterocycles. The zero-order valence-electron chi connectivity index (χ0n) is 5.98. The molecule has 72 valence electrons. The molecule has 0 spiro atoms. The molecule has 1 N–H and O–H groups in total. The Hall–Kier alpha value is -0.600. The first kappa shape index (κ1) is 10.5. The maximum absolute atomic E-state index is 12.0. The van der Waals surface area contributed by atoms with Gasteiger partial charge in [0.25, 0.3) is 0 Å². The number of carbonyl (C=O) groups is 2. The fourth-order valence-corrected chi connectivity index (χ4v) is 1.06.